The molecule has 0 unspecified atom stereocenters. The van der Waals surface area contributed by atoms with E-state index < -0.39 is 0 Å². The van der Waals surface area contributed by atoms with Crippen LogP contribution in [-0.4, -0.2) is 57.0 Å². The molecule has 8 nitrogen and oxygen atoms in total. The number of nitrogens with zero attached hydrogens (tertiary/aromatic N) is 5. The van der Waals surface area contributed by atoms with Crippen LogP contribution >= 0.6 is 0 Å². The van der Waals surface area contributed by atoms with Gasteiger partial charge in [-0.3, -0.25) is 9.48 Å². The minimum absolute atomic E-state index is 0.0393. The van der Waals surface area contributed by atoms with Crippen molar-refractivity contribution in [2.75, 3.05) is 26.3 Å². The number of ether oxygens (including phenoxy) is 1. The van der Waals surface area contributed by atoms with E-state index >= 15 is 0 Å². The van der Waals surface area contributed by atoms with Crippen LogP contribution in [0.15, 0.2) is 28.9 Å². The maximum Gasteiger partial charge on any atom is 0.258 e. The van der Waals surface area contributed by atoms with Gasteiger partial charge in [0.15, 0.2) is 5.82 Å². The Balaban J connectivity index is 1.34. The highest BCUT2D eigenvalue weighted by Gasteiger charge is 2.28. The van der Waals surface area contributed by atoms with E-state index in [0.29, 0.717) is 12.5 Å². The molecular formula is C22H27N5O3. The number of hydrogen-bond donors (Lipinski definition) is 0. The molecule has 5 rings (SSSR count). The molecule has 2 aromatic heterocycles. The topological polar surface area (TPSA) is 86.3 Å². The largest absolute Gasteiger partial charge is 0.379 e. The van der Waals surface area contributed by atoms with E-state index in [4.69, 9.17) is 14.2 Å². The number of fused-ring (bicyclic) bond motifs is 1. The second kappa shape index (κ2) is 7.83. The Kier molecular flexibility index (Phi) is 5.02. The van der Waals surface area contributed by atoms with Crippen LogP contribution in [0.1, 0.15) is 50.9 Å². The Labute approximate surface area is 175 Å². The number of carbonyl (C=O) groups is 1. The molecule has 158 valence electrons. The Morgan fingerprint density at radius 3 is 2.77 bits per heavy atom. The standard InChI is InChI=1S/C22H27N5O3/c1-14(2)22(28)26-8-5-15(6-9-26)20-24-21(30-25-20)16-3-4-17-12-23-27(19(17)11-16)18-7-10-29-13-18/h3-4,11-12,14-15,18H,5-10,13H2,1-2H3/t18-/m0/s1. The van der Waals surface area contributed by atoms with E-state index in [9.17, 15) is 4.79 Å². The predicted molar refractivity (Wildman–Crippen MR) is 111 cm³/mol. The number of carbonyl (C=O) groups excluding carboxylic acids is 1. The Hall–Kier alpha value is -2.74. The fourth-order valence-electron chi connectivity index (χ4n) is 4.42. The molecule has 0 spiro atoms. The maximum atomic E-state index is 12.2. The highest BCUT2D eigenvalue weighted by Crippen LogP contribution is 2.31. The summed E-state index contributed by atoms with van der Waals surface area (Å²) in [6.45, 7) is 6.87. The maximum absolute atomic E-state index is 12.2. The summed E-state index contributed by atoms with van der Waals surface area (Å²) in [5.74, 6) is 1.75. The number of amides is 1. The van der Waals surface area contributed by atoms with Crippen LogP contribution in [0, 0.1) is 5.92 Å². The normalized spacial score (nSPS) is 20.5. The molecular weight excluding hydrogens is 382 g/mol. The fraction of sp³-hybridized carbons (Fsp3) is 0.545. The first kappa shape index (κ1) is 19.2. The summed E-state index contributed by atoms with van der Waals surface area (Å²) >= 11 is 0. The van der Waals surface area contributed by atoms with Crippen molar-refractivity contribution < 1.29 is 14.1 Å². The monoisotopic (exact) mass is 409 g/mol. The average Bonchev–Trinajstić information content (AvgIpc) is 3.52. The lowest BCUT2D eigenvalue weighted by Gasteiger charge is -2.31. The third-order valence-electron chi connectivity index (χ3n) is 6.20. The molecule has 0 saturated carbocycles. The summed E-state index contributed by atoms with van der Waals surface area (Å²) in [5, 5.41) is 9.91. The van der Waals surface area contributed by atoms with Crippen molar-refractivity contribution in [2.45, 2.75) is 45.1 Å². The Morgan fingerprint density at radius 2 is 2.03 bits per heavy atom. The van der Waals surface area contributed by atoms with E-state index in [1.54, 1.807) is 0 Å². The van der Waals surface area contributed by atoms with Gasteiger partial charge in [0.25, 0.3) is 5.89 Å². The summed E-state index contributed by atoms with van der Waals surface area (Å²) in [6, 6.07) is 6.39. The second-order valence-electron chi connectivity index (χ2n) is 8.59. The molecule has 30 heavy (non-hydrogen) atoms. The van der Waals surface area contributed by atoms with Gasteiger partial charge >= 0.3 is 0 Å². The molecule has 0 radical (unpaired) electrons. The van der Waals surface area contributed by atoms with Crippen molar-refractivity contribution >= 4 is 16.8 Å². The lowest BCUT2D eigenvalue weighted by molar-refractivity contribution is -0.135. The molecule has 2 aliphatic rings. The predicted octanol–water partition coefficient (Wildman–Crippen LogP) is 3.41. The van der Waals surface area contributed by atoms with Crippen molar-refractivity contribution in [3.05, 3.63) is 30.2 Å². The molecule has 0 N–H and O–H groups in total. The molecule has 2 saturated heterocycles. The van der Waals surface area contributed by atoms with Crippen molar-refractivity contribution in [3.8, 4) is 11.5 Å². The van der Waals surface area contributed by atoms with Crippen molar-refractivity contribution in [1.29, 1.82) is 0 Å². The summed E-state index contributed by atoms with van der Waals surface area (Å²) in [7, 11) is 0. The van der Waals surface area contributed by atoms with Crippen LogP contribution < -0.4 is 0 Å². The molecule has 8 heteroatoms. The lowest BCUT2D eigenvalue weighted by atomic mass is 9.95. The first-order chi connectivity index (χ1) is 14.6. The molecule has 4 heterocycles. The van der Waals surface area contributed by atoms with Gasteiger partial charge in [-0.05, 0) is 31.4 Å². The summed E-state index contributed by atoms with van der Waals surface area (Å²) < 4.78 is 13.2. The van der Waals surface area contributed by atoms with Gasteiger partial charge in [0.1, 0.15) is 0 Å². The number of aromatic nitrogens is 4. The van der Waals surface area contributed by atoms with Crippen LogP contribution in [-0.2, 0) is 9.53 Å². The molecule has 0 aliphatic carbocycles. The molecule has 1 atom stereocenters. The molecule has 0 bridgehead atoms. The first-order valence-corrected chi connectivity index (χ1v) is 10.8. The quantitative estimate of drug-likeness (QED) is 0.656. The van der Waals surface area contributed by atoms with E-state index in [2.05, 4.69) is 16.3 Å². The van der Waals surface area contributed by atoms with Gasteiger partial charge in [0, 0.05) is 42.5 Å². The zero-order valence-electron chi connectivity index (χ0n) is 17.5. The van der Waals surface area contributed by atoms with Crippen LogP contribution in [0.3, 0.4) is 0 Å². The number of rotatable bonds is 4. The smallest absolute Gasteiger partial charge is 0.258 e. The first-order valence-electron chi connectivity index (χ1n) is 10.8. The number of piperidine rings is 1. The molecule has 1 aromatic carbocycles. The summed E-state index contributed by atoms with van der Waals surface area (Å²) in [6.07, 6.45) is 4.60. The van der Waals surface area contributed by atoms with Gasteiger partial charge in [-0.25, -0.2) is 0 Å². The molecule has 3 aromatic rings. The number of benzene rings is 1. The van der Waals surface area contributed by atoms with Crippen LogP contribution in [0.2, 0.25) is 0 Å². The fourth-order valence-corrected chi connectivity index (χ4v) is 4.42. The zero-order valence-corrected chi connectivity index (χ0v) is 17.5. The van der Waals surface area contributed by atoms with Crippen molar-refractivity contribution in [2.24, 2.45) is 5.92 Å². The lowest BCUT2D eigenvalue weighted by Crippen LogP contribution is -2.40. The van der Waals surface area contributed by atoms with E-state index in [-0.39, 0.29) is 23.8 Å². The zero-order chi connectivity index (χ0) is 20.7. The van der Waals surface area contributed by atoms with Crippen molar-refractivity contribution in [3.63, 3.8) is 0 Å². The number of hydrogen-bond acceptors (Lipinski definition) is 6. The van der Waals surface area contributed by atoms with Gasteiger partial charge in [-0.2, -0.15) is 10.1 Å². The van der Waals surface area contributed by atoms with Crippen molar-refractivity contribution in [1.82, 2.24) is 24.8 Å². The second-order valence-corrected chi connectivity index (χ2v) is 8.59. The van der Waals surface area contributed by atoms with Gasteiger partial charge in [0.05, 0.1) is 24.4 Å². The SMILES string of the molecule is CC(C)C(=O)N1CCC(c2noc(-c3ccc4cnn([C@H]5CCOC5)c4c3)n2)CC1. The van der Waals surface area contributed by atoms with Crippen LogP contribution in [0.4, 0.5) is 0 Å². The highest BCUT2D eigenvalue weighted by molar-refractivity contribution is 5.83. The third kappa shape index (κ3) is 3.49. The van der Waals surface area contributed by atoms with Gasteiger partial charge < -0.3 is 14.2 Å². The van der Waals surface area contributed by atoms with Gasteiger partial charge in [-0.1, -0.05) is 25.1 Å². The van der Waals surface area contributed by atoms with E-state index in [1.165, 1.54) is 0 Å². The van der Waals surface area contributed by atoms with E-state index in [0.717, 1.165) is 61.2 Å². The number of likely N-dealkylation sites (tertiary alicyclic amines) is 1. The third-order valence-corrected chi connectivity index (χ3v) is 6.20. The summed E-state index contributed by atoms with van der Waals surface area (Å²) in [5.41, 5.74) is 1.96. The van der Waals surface area contributed by atoms with Crippen LogP contribution in [0.25, 0.3) is 22.4 Å². The minimum Gasteiger partial charge on any atom is -0.379 e. The summed E-state index contributed by atoms with van der Waals surface area (Å²) in [4.78, 5) is 18.8. The molecule has 2 fully saturated rings. The Bertz CT molecular complexity index is 1040. The minimum atomic E-state index is 0.0393. The van der Waals surface area contributed by atoms with Gasteiger partial charge in [-0.15, -0.1) is 0 Å². The Morgan fingerprint density at radius 1 is 1.20 bits per heavy atom. The molecule has 1 amide bonds. The van der Waals surface area contributed by atoms with E-state index in [1.807, 2.05) is 41.8 Å². The van der Waals surface area contributed by atoms with Crippen LogP contribution in [0.5, 0.6) is 0 Å². The highest BCUT2D eigenvalue weighted by atomic mass is 16.5. The average molecular weight is 409 g/mol. The van der Waals surface area contributed by atoms with Gasteiger partial charge in [0.2, 0.25) is 5.91 Å². The molecule has 2 aliphatic heterocycles.